The van der Waals surface area contributed by atoms with Gasteiger partial charge in [0.25, 0.3) is 0 Å². The van der Waals surface area contributed by atoms with Crippen molar-refractivity contribution in [2.24, 2.45) is 0 Å². The van der Waals surface area contributed by atoms with Crippen LogP contribution in [0.15, 0.2) is 17.1 Å². The van der Waals surface area contributed by atoms with Crippen molar-refractivity contribution in [3.63, 3.8) is 0 Å². The molecule has 1 aromatic heterocycles. The molecule has 2 fully saturated rings. The lowest BCUT2D eigenvalue weighted by atomic mass is 10.1. The molecule has 23 heavy (non-hydrogen) atoms. The van der Waals surface area contributed by atoms with Gasteiger partial charge in [-0.3, -0.25) is 9.59 Å². The molecular weight excluding hydrogens is 296 g/mol. The highest BCUT2D eigenvalue weighted by Gasteiger charge is 2.32. The molecule has 0 bridgehead atoms. The second-order valence-electron chi connectivity index (χ2n) is 6.20. The van der Waals surface area contributed by atoms with Gasteiger partial charge in [-0.25, -0.2) is 9.78 Å². The van der Waals surface area contributed by atoms with Gasteiger partial charge in [-0.2, -0.15) is 0 Å². The Morgan fingerprint density at radius 2 is 2.09 bits per heavy atom. The molecule has 7 nitrogen and oxygen atoms in total. The second-order valence-corrected chi connectivity index (χ2v) is 6.20. The summed E-state index contributed by atoms with van der Waals surface area (Å²) in [4.78, 5) is 45.9. The monoisotopic (exact) mass is 318 g/mol. The molecule has 2 aliphatic rings. The lowest BCUT2D eigenvalue weighted by Crippen LogP contribution is -2.42. The van der Waals surface area contributed by atoms with Gasteiger partial charge in [0.1, 0.15) is 0 Å². The van der Waals surface area contributed by atoms with E-state index in [1.807, 2.05) is 0 Å². The van der Waals surface area contributed by atoms with E-state index in [1.54, 1.807) is 15.9 Å². The number of carbonyl (C=O) groups excluding carboxylic acids is 2. The van der Waals surface area contributed by atoms with Gasteiger partial charge >= 0.3 is 5.69 Å². The number of hydrogen-bond acceptors (Lipinski definition) is 4. The molecule has 3 heterocycles. The quantitative estimate of drug-likeness (QED) is 0.894. The van der Waals surface area contributed by atoms with E-state index >= 15 is 0 Å². The van der Waals surface area contributed by atoms with E-state index in [4.69, 9.17) is 0 Å². The summed E-state index contributed by atoms with van der Waals surface area (Å²) in [5, 5.41) is 0. The van der Waals surface area contributed by atoms with Crippen molar-refractivity contribution in [3.8, 4) is 0 Å². The Morgan fingerprint density at radius 1 is 1.22 bits per heavy atom. The zero-order chi connectivity index (χ0) is 16.2. The fourth-order valence-electron chi connectivity index (χ4n) is 3.43. The van der Waals surface area contributed by atoms with E-state index < -0.39 is 5.69 Å². The molecule has 1 N–H and O–H groups in total. The first-order valence-corrected chi connectivity index (χ1v) is 8.27. The third kappa shape index (κ3) is 3.60. The SMILES string of the molecule is O=C1CCCCCN1CC(=O)N1CCC[C@@H]1c1ccnc(=O)[nH]1. The number of H-pyrrole nitrogens is 1. The molecule has 0 unspecified atom stereocenters. The van der Waals surface area contributed by atoms with Crippen molar-refractivity contribution in [1.82, 2.24) is 19.8 Å². The number of likely N-dealkylation sites (tertiary alicyclic amines) is 2. The Hall–Kier alpha value is -2.18. The van der Waals surface area contributed by atoms with Crippen LogP contribution in [-0.4, -0.2) is 51.2 Å². The van der Waals surface area contributed by atoms with Crippen molar-refractivity contribution in [1.29, 1.82) is 0 Å². The van der Waals surface area contributed by atoms with Crippen LogP contribution in [0, 0.1) is 0 Å². The summed E-state index contributed by atoms with van der Waals surface area (Å²) >= 11 is 0. The van der Waals surface area contributed by atoms with Crippen LogP contribution in [0.4, 0.5) is 0 Å². The van der Waals surface area contributed by atoms with Gasteiger partial charge in [-0.1, -0.05) is 6.42 Å². The number of rotatable bonds is 3. The Labute approximate surface area is 134 Å². The van der Waals surface area contributed by atoms with Gasteiger partial charge in [-0.05, 0) is 31.7 Å². The summed E-state index contributed by atoms with van der Waals surface area (Å²) in [5.74, 6) is 0.0318. The van der Waals surface area contributed by atoms with Crippen molar-refractivity contribution in [2.75, 3.05) is 19.6 Å². The summed E-state index contributed by atoms with van der Waals surface area (Å²) in [6.07, 6.45) is 6.63. The topological polar surface area (TPSA) is 86.4 Å². The molecule has 3 rings (SSSR count). The fourth-order valence-corrected chi connectivity index (χ4v) is 3.43. The van der Waals surface area contributed by atoms with Crippen LogP contribution >= 0.6 is 0 Å². The molecule has 0 aliphatic carbocycles. The van der Waals surface area contributed by atoms with Gasteiger partial charge in [0.05, 0.1) is 12.6 Å². The average molecular weight is 318 g/mol. The summed E-state index contributed by atoms with van der Waals surface area (Å²) in [6.45, 7) is 1.47. The standard InChI is InChI=1S/C16H22N4O3/c21-14-6-2-1-3-9-19(14)11-15(22)20-10-4-5-13(20)12-7-8-17-16(23)18-12/h7-8,13H,1-6,9-11H2,(H,17,18,23)/t13-/m1/s1. The van der Waals surface area contributed by atoms with Gasteiger partial charge in [-0.15, -0.1) is 0 Å². The fraction of sp³-hybridized carbons (Fsp3) is 0.625. The predicted molar refractivity (Wildman–Crippen MR) is 83.6 cm³/mol. The van der Waals surface area contributed by atoms with Crippen LogP contribution < -0.4 is 5.69 Å². The average Bonchev–Trinajstić information content (AvgIpc) is 2.94. The first-order valence-electron chi connectivity index (χ1n) is 8.27. The molecule has 124 valence electrons. The predicted octanol–water partition coefficient (Wildman–Crippen LogP) is 0.836. The molecule has 7 heteroatoms. The van der Waals surface area contributed by atoms with Crippen LogP contribution in [0.1, 0.15) is 50.3 Å². The molecule has 0 radical (unpaired) electrons. The Kier molecular flexibility index (Phi) is 4.73. The van der Waals surface area contributed by atoms with E-state index in [0.29, 0.717) is 19.5 Å². The minimum Gasteiger partial charge on any atom is -0.333 e. The third-order valence-corrected chi connectivity index (χ3v) is 4.63. The van der Waals surface area contributed by atoms with Crippen LogP contribution in [0.25, 0.3) is 0 Å². The Bertz CT molecular complexity index is 642. The Morgan fingerprint density at radius 3 is 2.91 bits per heavy atom. The third-order valence-electron chi connectivity index (χ3n) is 4.63. The molecule has 0 saturated carbocycles. The van der Waals surface area contributed by atoms with Crippen LogP contribution in [0.5, 0.6) is 0 Å². The number of hydrogen-bond donors (Lipinski definition) is 1. The van der Waals surface area contributed by atoms with E-state index in [-0.39, 0.29) is 24.4 Å². The highest BCUT2D eigenvalue weighted by atomic mass is 16.2. The number of aromatic amines is 1. The largest absolute Gasteiger partial charge is 0.345 e. The normalized spacial score (nSPS) is 22.3. The van der Waals surface area contributed by atoms with Gasteiger partial charge in [0, 0.05) is 31.4 Å². The lowest BCUT2D eigenvalue weighted by Gasteiger charge is -2.28. The van der Waals surface area contributed by atoms with Crippen LogP contribution in [0.2, 0.25) is 0 Å². The summed E-state index contributed by atoms with van der Waals surface area (Å²) in [7, 11) is 0. The summed E-state index contributed by atoms with van der Waals surface area (Å²) < 4.78 is 0. The minimum atomic E-state index is -0.399. The number of nitrogens with zero attached hydrogens (tertiary/aromatic N) is 3. The van der Waals surface area contributed by atoms with Gasteiger partial charge < -0.3 is 14.8 Å². The van der Waals surface area contributed by atoms with Crippen molar-refractivity contribution >= 4 is 11.8 Å². The first kappa shape index (κ1) is 15.7. The summed E-state index contributed by atoms with van der Waals surface area (Å²) in [5.41, 5.74) is 0.322. The second kappa shape index (κ2) is 6.93. The van der Waals surface area contributed by atoms with Crippen molar-refractivity contribution in [3.05, 3.63) is 28.4 Å². The molecule has 0 spiro atoms. The number of carbonyl (C=O) groups is 2. The Balaban J connectivity index is 1.70. The molecular formula is C16H22N4O3. The molecule has 1 aromatic rings. The highest BCUT2D eigenvalue weighted by molar-refractivity contribution is 5.85. The van der Waals surface area contributed by atoms with Crippen LogP contribution in [0.3, 0.4) is 0 Å². The maximum atomic E-state index is 12.7. The van der Waals surface area contributed by atoms with Gasteiger partial charge in [0.15, 0.2) is 0 Å². The number of nitrogens with one attached hydrogen (secondary N) is 1. The lowest BCUT2D eigenvalue weighted by molar-refractivity contribution is -0.140. The molecule has 1 atom stereocenters. The maximum Gasteiger partial charge on any atom is 0.345 e. The van der Waals surface area contributed by atoms with E-state index in [9.17, 15) is 14.4 Å². The number of amides is 2. The molecule has 2 amide bonds. The smallest absolute Gasteiger partial charge is 0.333 e. The first-order chi connectivity index (χ1) is 11.1. The van der Waals surface area contributed by atoms with Crippen LogP contribution in [-0.2, 0) is 9.59 Å². The van der Waals surface area contributed by atoms with Gasteiger partial charge in [0.2, 0.25) is 11.8 Å². The molecule has 0 aromatic carbocycles. The molecule has 2 saturated heterocycles. The highest BCUT2D eigenvalue weighted by Crippen LogP contribution is 2.30. The zero-order valence-corrected chi connectivity index (χ0v) is 13.2. The van der Waals surface area contributed by atoms with Crippen molar-refractivity contribution in [2.45, 2.75) is 44.6 Å². The number of aromatic nitrogens is 2. The van der Waals surface area contributed by atoms with E-state index in [0.717, 1.165) is 37.8 Å². The summed E-state index contributed by atoms with van der Waals surface area (Å²) in [6, 6.07) is 1.62. The molecule has 2 aliphatic heterocycles. The maximum absolute atomic E-state index is 12.7. The van der Waals surface area contributed by atoms with E-state index in [1.165, 1.54) is 6.20 Å². The van der Waals surface area contributed by atoms with Crippen molar-refractivity contribution < 1.29 is 9.59 Å². The van der Waals surface area contributed by atoms with E-state index in [2.05, 4.69) is 9.97 Å². The zero-order valence-electron chi connectivity index (χ0n) is 13.2. The minimum absolute atomic E-state index is 0.0413.